The first-order valence-corrected chi connectivity index (χ1v) is 6.28. The van der Waals surface area contributed by atoms with Gasteiger partial charge in [-0.25, -0.2) is 4.79 Å². The van der Waals surface area contributed by atoms with Crippen LogP contribution in [0.2, 0.25) is 0 Å². The Bertz CT molecular complexity index is 343. The summed E-state index contributed by atoms with van der Waals surface area (Å²) in [5, 5.41) is 4.50. The average Bonchev–Trinajstić information content (AvgIpc) is 2.28. The summed E-state index contributed by atoms with van der Waals surface area (Å²) in [6, 6.07) is -0.688. The molecule has 0 aromatic heterocycles. The van der Waals surface area contributed by atoms with Crippen LogP contribution in [0.4, 0.5) is 4.79 Å². The standard InChI is InChI=1S/C12H18N2O3/c1-2-5-8-6-3-4-7-12(8)9(15)13-11(17)14-10(12)16/h8H,2-7H2,1H3,(H2,13,14,15,16,17)/t8-/m0/s1. The van der Waals surface area contributed by atoms with E-state index in [4.69, 9.17) is 0 Å². The van der Waals surface area contributed by atoms with Gasteiger partial charge in [0, 0.05) is 0 Å². The van der Waals surface area contributed by atoms with Crippen molar-refractivity contribution in [3.05, 3.63) is 0 Å². The molecule has 1 aliphatic carbocycles. The lowest BCUT2D eigenvalue weighted by Crippen LogP contribution is -2.65. The van der Waals surface area contributed by atoms with Crippen LogP contribution >= 0.6 is 0 Å². The van der Waals surface area contributed by atoms with Gasteiger partial charge in [-0.2, -0.15) is 0 Å². The van der Waals surface area contributed by atoms with E-state index in [1.807, 2.05) is 6.92 Å². The van der Waals surface area contributed by atoms with E-state index in [1.54, 1.807) is 0 Å². The van der Waals surface area contributed by atoms with Crippen molar-refractivity contribution >= 4 is 17.8 Å². The van der Waals surface area contributed by atoms with Crippen LogP contribution < -0.4 is 10.6 Å². The Kier molecular flexibility index (Phi) is 3.17. The summed E-state index contributed by atoms with van der Waals surface area (Å²) < 4.78 is 0. The molecule has 1 atom stereocenters. The highest BCUT2D eigenvalue weighted by Crippen LogP contribution is 2.45. The first kappa shape index (κ1) is 12.1. The number of rotatable bonds is 2. The zero-order valence-electron chi connectivity index (χ0n) is 10.0. The van der Waals surface area contributed by atoms with Crippen LogP contribution in [0.1, 0.15) is 45.4 Å². The minimum atomic E-state index is -0.998. The van der Waals surface area contributed by atoms with Gasteiger partial charge in [-0.3, -0.25) is 20.2 Å². The zero-order chi connectivity index (χ0) is 12.5. The molecule has 94 valence electrons. The molecule has 2 N–H and O–H groups in total. The second-order valence-corrected chi connectivity index (χ2v) is 4.94. The second-order valence-electron chi connectivity index (χ2n) is 4.94. The molecule has 17 heavy (non-hydrogen) atoms. The second kappa shape index (κ2) is 4.47. The predicted octanol–water partition coefficient (Wildman–Crippen LogP) is 1.33. The van der Waals surface area contributed by atoms with Crippen LogP contribution in [-0.4, -0.2) is 17.8 Å². The molecule has 4 amide bonds. The predicted molar refractivity (Wildman–Crippen MR) is 61.0 cm³/mol. The molecule has 5 nitrogen and oxygen atoms in total. The van der Waals surface area contributed by atoms with Crippen molar-refractivity contribution in [3.8, 4) is 0 Å². The highest BCUT2D eigenvalue weighted by Gasteiger charge is 2.55. The van der Waals surface area contributed by atoms with E-state index >= 15 is 0 Å². The van der Waals surface area contributed by atoms with Gasteiger partial charge >= 0.3 is 6.03 Å². The molecular formula is C12H18N2O3. The molecule has 0 unspecified atom stereocenters. The maximum absolute atomic E-state index is 12.1. The van der Waals surface area contributed by atoms with Crippen molar-refractivity contribution in [3.63, 3.8) is 0 Å². The van der Waals surface area contributed by atoms with E-state index in [9.17, 15) is 14.4 Å². The molecule has 0 radical (unpaired) electrons. The van der Waals surface area contributed by atoms with Crippen LogP contribution in [0.25, 0.3) is 0 Å². The molecule has 0 bridgehead atoms. The number of hydrogen-bond donors (Lipinski definition) is 2. The number of barbiturate groups is 1. The topological polar surface area (TPSA) is 75.3 Å². The van der Waals surface area contributed by atoms with Gasteiger partial charge in [-0.1, -0.05) is 26.2 Å². The number of hydrogen-bond acceptors (Lipinski definition) is 3. The fourth-order valence-corrected chi connectivity index (χ4v) is 3.15. The molecule has 1 spiro atoms. The Balaban J connectivity index is 2.32. The van der Waals surface area contributed by atoms with Crippen LogP contribution in [0.5, 0.6) is 0 Å². The largest absolute Gasteiger partial charge is 0.328 e. The molecule has 5 heteroatoms. The van der Waals surface area contributed by atoms with Crippen LogP contribution in [0, 0.1) is 11.3 Å². The van der Waals surface area contributed by atoms with E-state index in [-0.39, 0.29) is 5.92 Å². The van der Waals surface area contributed by atoms with Crippen LogP contribution in [0.3, 0.4) is 0 Å². The average molecular weight is 238 g/mol. The van der Waals surface area contributed by atoms with Gasteiger partial charge in [0.05, 0.1) is 0 Å². The molecule has 1 heterocycles. The molecule has 1 saturated carbocycles. The molecule has 2 fully saturated rings. The van der Waals surface area contributed by atoms with Crippen LogP contribution in [0.15, 0.2) is 0 Å². The maximum atomic E-state index is 12.1. The summed E-state index contributed by atoms with van der Waals surface area (Å²) in [5.41, 5.74) is -0.998. The van der Waals surface area contributed by atoms with Gasteiger partial charge in [-0.15, -0.1) is 0 Å². The number of imide groups is 2. The lowest BCUT2D eigenvalue weighted by molar-refractivity contribution is -0.151. The lowest BCUT2D eigenvalue weighted by atomic mass is 9.63. The molecule has 2 rings (SSSR count). The monoisotopic (exact) mass is 238 g/mol. The van der Waals surface area contributed by atoms with Gasteiger partial charge in [0.2, 0.25) is 11.8 Å². The Labute approximate surface area is 100 Å². The SMILES string of the molecule is CCC[C@H]1CCCCC12C(=O)NC(=O)NC2=O. The van der Waals surface area contributed by atoms with Crippen molar-refractivity contribution < 1.29 is 14.4 Å². The smallest absolute Gasteiger partial charge is 0.277 e. The van der Waals surface area contributed by atoms with Crippen LogP contribution in [-0.2, 0) is 9.59 Å². The first-order valence-electron chi connectivity index (χ1n) is 6.28. The highest BCUT2D eigenvalue weighted by atomic mass is 16.2. The Morgan fingerprint density at radius 2 is 1.82 bits per heavy atom. The molecule has 0 aromatic carbocycles. The summed E-state index contributed by atoms with van der Waals surface area (Å²) in [6.07, 6.45) is 5.18. The van der Waals surface area contributed by atoms with E-state index in [0.29, 0.717) is 6.42 Å². The number of nitrogens with one attached hydrogen (secondary N) is 2. The molecular weight excluding hydrogens is 220 g/mol. The van der Waals surface area contributed by atoms with Crippen molar-refractivity contribution in [1.82, 2.24) is 10.6 Å². The minimum absolute atomic E-state index is 0.0642. The van der Waals surface area contributed by atoms with E-state index < -0.39 is 23.3 Å². The Morgan fingerprint density at radius 1 is 1.18 bits per heavy atom. The van der Waals surface area contributed by atoms with Crippen molar-refractivity contribution in [1.29, 1.82) is 0 Å². The molecule has 1 saturated heterocycles. The summed E-state index contributed by atoms with van der Waals surface area (Å²) in [6.45, 7) is 2.05. The Hall–Kier alpha value is -1.39. The van der Waals surface area contributed by atoms with Crippen molar-refractivity contribution in [2.24, 2.45) is 11.3 Å². The number of carbonyl (C=O) groups is 3. The molecule has 1 aliphatic heterocycles. The Morgan fingerprint density at radius 3 is 2.41 bits per heavy atom. The fraction of sp³-hybridized carbons (Fsp3) is 0.750. The highest BCUT2D eigenvalue weighted by molar-refractivity contribution is 6.19. The summed E-state index contributed by atoms with van der Waals surface area (Å²) in [7, 11) is 0. The number of amides is 4. The number of urea groups is 1. The summed E-state index contributed by atoms with van der Waals surface area (Å²) >= 11 is 0. The molecule has 0 aromatic rings. The zero-order valence-corrected chi connectivity index (χ0v) is 10.0. The van der Waals surface area contributed by atoms with Gasteiger partial charge in [0.25, 0.3) is 0 Å². The summed E-state index contributed by atoms with van der Waals surface area (Å²) in [4.78, 5) is 35.3. The van der Waals surface area contributed by atoms with E-state index in [0.717, 1.165) is 32.1 Å². The summed E-state index contributed by atoms with van der Waals surface area (Å²) in [5.74, 6) is -0.733. The third-order valence-electron chi connectivity index (χ3n) is 3.97. The fourth-order valence-electron chi connectivity index (χ4n) is 3.15. The minimum Gasteiger partial charge on any atom is -0.277 e. The van der Waals surface area contributed by atoms with Gasteiger partial charge in [0.1, 0.15) is 5.41 Å². The maximum Gasteiger partial charge on any atom is 0.328 e. The first-order chi connectivity index (χ1) is 8.11. The number of carbonyl (C=O) groups excluding carboxylic acids is 3. The lowest BCUT2D eigenvalue weighted by Gasteiger charge is -2.43. The van der Waals surface area contributed by atoms with Gasteiger partial charge in [0.15, 0.2) is 0 Å². The van der Waals surface area contributed by atoms with Crippen molar-refractivity contribution in [2.45, 2.75) is 45.4 Å². The molecule has 2 aliphatic rings. The third kappa shape index (κ3) is 1.83. The van der Waals surface area contributed by atoms with E-state index in [2.05, 4.69) is 10.6 Å². The van der Waals surface area contributed by atoms with Crippen molar-refractivity contribution in [2.75, 3.05) is 0 Å². The quantitative estimate of drug-likeness (QED) is 0.713. The third-order valence-corrected chi connectivity index (χ3v) is 3.97. The van der Waals surface area contributed by atoms with E-state index in [1.165, 1.54) is 0 Å². The van der Waals surface area contributed by atoms with Gasteiger partial charge < -0.3 is 0 Å². The normalized spacial score (nSPS) is 27.8. The van der Waals surface area contributed by atoms with Gasteiger partial charge in [-0.05, 0) is 25.2 Å².